The largest absolute Gasteiger partial charge is 0.493 e. The van der Waals surface area contributed by atoms with Gasteiger partial charge in [-0.25, -0.2) is 9.50 Å². The Labute approximate surface area is 191 Å². The Balaban J connectivity index is 1.64. The Hall–Kier alpha value is -3.71. The molecule has 7 heteroatoms. The molecule has 33 heavy (non-hydrogen) atoms. The van der Waals surface area contributed by atoms with Crippen molar-refractivity contribution in [3.8, 4) is 22.6 Å². The third kappa shape index (κ3) is 3.64. The summed E-state index contributed by atoms with van der Waals surface area (Å²) in [6, 6.07) is 15.9. The lowest BCUT2D eigenvalue weighted by Crippen LogP contribution is -2.22. The average Bonchev–Trinajstić information content (AvgIpc) is 3.22. The van der Waals surface area contributed by atoms with E-state index in [9.17, 15) is 4.79 Å². The van der Waals surface area contributed by atoms with Gasteiger partial charge in [0.25, 0.3) is 0 Å². The summed E-state index contributed by atoms with van der Waals surface area (Å²) in [5.74, 6) is 1.39. The van der Waals surface area contributed by atoms with Crippen LogP contribution in [0.25, 0.3) is 16.8 Å². The van der Waals surface area contributed by atoms with Crippen molar-refractivity contribution in [2.75, 3.05) is 21.3 Å². The van der Waals surface area contributed by atoms with Crippen LogP contribution in [0.4, 0.5) is 0 Å². The fraction of sp³-hybridized carbons (Fsp3) is 0.269. The number of nitrogens with zero attached hydrogens (tertiary/aromatic N) is 3. The summed E-state index contributed by atoms with van der Waals surface area (Å²) in [6.07, 6.45) is 2.77. The quantitative estimate of drug-likeness (QED) is 0.438. The van der Waals surface area contributed by atoms with Crippen molar-refractivity contribution in [3.63, 3.8) is 0 Å². The van der Waals surface area contributed by atoms with Crippen LogP contribution in [0.1, 0.15) is 39.6 Å². The number of hydrogen-bond donors (Lipinski definition) is 0. The molecule has 0 unspecified atom stereocenters. The number of methoxy groups -OCH3 is 3. The van der Waals surface area contributed by atoms with E-state index in [1.54, 1.807) is 27.5 Å². The number of rotatable bonds is 6. The maximum atomic E-state index is 13.1. The van der Waals surface area contributed by atoms with Gasteiger partial charge in [0.2, 0.25) is 0 Å². The maximum Gasteiger partial charge on any atom is 0.166 e. The van der Waals surface area contributed by atoms with Crippen LogP contribution >= 0.6 is 0 Å². The second-order valence-corrected chi connectivity index (χ2v) is 8.12. The van der Waals surface area contributed by atoms with E-state index in [-0.39, 0.29) is 11.7 Å². The van der Waals surface area contributed by atoms with Gasteiger partial charge < -0.3 is 14.2 Å². The molecule has 2 aromatic heterocycles. The number of carbonyl (C=O) groups excluding carboxylic acids is 1. The van der Waals surface area contributed by atoms with Crippen LogP contribution in [0.2, 0.25) is 0 Å². The van der Waals surface area contributed by atoms with Crippen molar-refractivity contribution in [2.24, 2.45) is 0 Å². The molecule has 0 fully saturated rings. The SMILES string of the molecule is COCc1nn2c3c(cnc2c1-c1ccccc1)C(=O)C[C@H](c1ccc(OC)c(OC)c1)C3. The van der Waals surface area contributed by atoms with E-state index in [2.05, 4.69) is 4.98 Å². The van der Waals surface area contributed by atoms with Gasteiger partial charge in [-0.2, -0.15) is 5.10 Å². The lowest BCUT2D eigenvalue weighted by Gasteiger charge is -2.24. The number of aromatic nitrogens is 3. The Morgan fingerprint density at radius 3 is 2.52 bits per heavy atom. The molecular weight excluding hydrogens is 418 g/mol. The van der Waals surface area contributed by atoms with Crippen molar-refractivity contribution >= 4 is 11.4 Å². The molecule has 0 amide bonds. The highest BCUT2D eigenvalue weighted by atomic mass is 16.5. The predicted molar refractivity (Wildman–Crippen MR) is 124 cm³/mol. The molecule has 1 atom stereocenters. The van der Waals surface area contributed by atoms with E-state index < -0.39 is 0 Å². The number of Topliss-reactive ketones (excluding diaryl/α,β-unsaturated/α-hetero) is 1. The highest BCUT2D eigenvalue weighted by Gasteiger charge is 2.31. The van der Waals surface area contributed by atoms with Crippen LogP contribution in [-0.2, 0) is 17.8 Å². The molecule has 0 saturated carbocycles. The zero-order valence-corrected chi connectivity index (χ0v) is 18.9. The van der Waals surface area contributed by atoms with E-state index >= 15 is 0 Å². The number of benzene rings is 2. The second-order valence-electron chi connectivity index (χ2n) is 8.12. The summed E-state index contributed by atoms with van der Waals surface area (Å²) in [7, 11) is 4.88. The van der Waals surface area contributed by atoms with E-state index in [0.717, 1.165) is 33.7 Å². The van der Waals surface area contributed by atoms with Crippen molar-refractivity contribution in [2.45, 2.75) is 25.4 Å². The Kier molecular flexibility index (Phi) is 5.56. The van der Waals surface area contributed by atoms with Crippen LogP contribution < -0.4 is 9.47 Å². The lowest BCUT2D eigenvalue weighted by atomic mass is 9.82. The predicted octanol–water partition coefficient (Wildman–Crippen LogP) is 4.47. The number of fused-ring (bicyclic) bond motifs is 3. The van der Waals surface area contributed by atoms with Crippen molar-refractivity contribution in [1.29, 1.82) is 0 Å². The van der Waals surface area contributed by atoms with Gasteiger partial charge in [-0.05, 0) is 35.6 Å². The lowest BCUT2D eigenvalue weighted by molar-refractivity contribution is 0.0962. The zero-order valence-electron chi connectivity index (χ0n) is 18.9. The molecule has 0 radical (unpaired) electrons. The number of hydrogen-bond acceptors (Lipinski definition) is 6. The van der Waals surface area contributed by atoms with E-state index in [1.807, 2.05) is 53.0 Å². The van der Waals surface area contributed by atoms with Gasteiger partial charge in [0.1, 0.15) is 0 Å². The van der Waals surface area contributed by atoms with Crippen molar-refractivity contribution in [1.82, 2.24) is 14.6 Å². The standard InChI is InChI=1S/C26H25N3O4/c1-31-15-20-25(16-7-5-4-6-8-16)26-27-14-19-21(29(26)28-20)11-18(12-22(19)30)17-9-10-23(32-2)24(13-17)33-3/h4-10,13-14,18H,11-12,15H2,1-3H3/t18-/m1/s1. The zero-order chi connectivity index (χ0) is 22.9. The van der Waals surface area contributed by atoms with Gasteiger partial charge >= 0.3 is 0 Å². The molecule has 0 N–H and O–H groups in total. The summed E-state index contributed by atoms with van der Waals surface area (Å²) in [4.78, 5) is 17.8. The van der Waals surface area contributed by atoms with E-state index in [1.165, 1.54) is 0 Å². The Morgan fingerprint density at radius 1 is 1.00 bits per heavy atom. The summed E-state index contributed by atoms with van der Waals surface area (Å²) < 4.78 is 18.1. The van der Waals surface area contributed by atoms with Crippen molar-refractivity contribution < 1.29 is 19.0 Å². The first-order valence-electron chi connectivity index (χ1n) is 10.8. The number of ketones is 1. The summed E-state index contributed by atoms with van der Waals surface area (Å²) in [5.41, 5.74) is 6.01. The molecule has 168 valence electrons. The van der Waals surface area contributed by atoms with Crippen LogP contribution in [-0.4, -0.2) is 41.7 Å². The highest BCUT2D eigenvalue weighted by Crippen LogP contribution is 2.38. The smallest absolute Gasteiger partial charge is 0.166 e. The fourth-order valence-electron chi connectivity index (χ4n) is 4.62. The molecule has 5 rings (SSSR count). The van der Waals surface area contributed by atoms with E-state index in [0.29, 0.717) is 36.5 Å². The Bertz CT molecular complexity index is 1330. The molecular formula is C26H25N3O4. The third-order valence-corrected chi connectivity index (χ3v) is 6.21. The first kappa shape index (κ1) is 21.2. The molecule has 7 nitrogen and oxygen atoms in total. The maximum absolute atomic E-state index is 13.1. The third-order valence-electron chi connectivity index (χ3n) is 6.21. The van der Waals surface area contributed by atoms with Gasteiger partial charge in [0, 0.05) is 19.7 Å². The molecule has 0 bridgehead atoms. The van der Waals surface area contributed by atoms with Gasteiger partial charge in [0.05, 0.1) is 43.3 Å². The minimum Gasteiger partial charge on any atom is -0.493 e. The highest BCUT2D eigenvalue weighted by molar-refractivity contribution is 5.99. The van der Waals surface area contributed by atoms with E-state index in [4.69, 9.17) is 19.3 Å². The fourth-order valence-corrected chi connectivity index (χ4v) is 4.62. The second kappa shape index (κ2) is 8.67. The van der Waals surface area contributed by atoms with Crippen LogP contribution in [0, 0.1) is 0 Å². The molecule has 1 aliphatic rings. The summed E-state index contributed by atoms with van der Waals surface area (Å²) >= 11 is 0. The van der Waals surface area contributed by atoms with Gasteiger partial charge in [-0.1, -0.05) is 36.4 Å². The number of carbonyl (C=O) groups is 1. The summed E-state index contributed by atoms with van der Waals surface area (Å²) in [6.45, 7) is 0.357. The van der Waals surface area contributed by atoms with Crippen LogP contribution in [0.15, 0.2) is 54.7 Å². The molecule has 4 aromatic rings. The van der Waals surface area contributed by atoms with Crippen LogP contribution in [0.3, 0.4) is 0 Å². The molecule has 0 spiro atoms. The summed E-state index contributed by atoms with van der Waals surface area (Å²) in [5, 5.41) is 4.85. The first-order valence-corrected chi connectivity index (χ1v) is 10.8. The normalized spacial score (nSPS) is 15.5. The number of ether oxygens (including phenoxy) is 3. The first-order chi connectivity index (χ1) is 16.1. The Morgan fingerprint density at radius 2 is 1.79 bits per heavy atom. The average molecular weight is 444 g/mol. The van der Waals surface area contributed by atoms with Crippen molar-refractivity contribution in [3.05, 3.63) is 77.2 Å². The monoisotopic (exact) mass is 443 g/mol. The van der Waals surface area contributed by atoms with Gasteiger partial charge in [-0.15, -0.1) is 0 Å². The van der Waals surface area contributed by atoms with Gasteiger partial charge in [-0.3, -0.25) is 4.79 Å². The molecule has 2 aromatic carbocycles. The molecule has 0 saturated heterocycles. The minimum atomic E-state index is 0.00524. The molecule has 2 heterocycles. The van der Waals surface area contributed by atoms with Crippen LogP contribution in [0.5, 0.6) is 11.5 Å². The molecule has 0 aliphatic heterocycles. The van der Waals surface area contributed by atoms with Gasteiger partial charge in [0.15, 0.2) is 22.9 Å². The minimum absolute atomic E-state index is 0.00524. The topological polar surface area (TPSA) is 75.0 Å². The molecule has 1 aliphatic carbocycles.